The number of carbonyl (C=O) groups excluding carboxylic acids is 2. The van der Waals surface area contributed by atoms with E-state index in [9.17, 15) is 28.5 Å². The first-order chi connectivity index (χ1) is 11.8. The maximum absolute atomic E-state index is 13.0. The Hall–Kier alpha value is -2.88. The molecule has 2 aromatic rings. The van der Waals surface area contributed by atoms with Gasteiger partial charge in [-0.15, -0.1) is 0 Å². The van der Waals surface area contributed by atoms with Gasteiger partial charge in [0.25, 0.3) is 11.6 Å². The van der Waals surface area contributed by atoms with Crippen molar-refractivity contribution in [2.24, 2.45) is 0 Å². The Morgan fingerprint density at radius 1 is 1.12 bits per heavy atom. The van der Waals surface area contributed by atoms with Gasteiger partial charge in [-0.25, -0.2) is 8.78 Å². The summed E-state index contributed by atoms with van der Waals surface area (Å²) in [6, 6.07) is 6.56. The molecule has 2 aromatic carbocycles. The van der Waals surface area contributed by atoms with Crippen molar-refractivity contribution in [1.82, 2.24) is 5.32 Å². The van der Waals surface area contributed by atoms with E-state index in [-0.39, 0.29) is 21.4 Å². The molecular formula is C15H10BrF2N3O4. The number of hydrogen-bond donors (Lipinski definition) is 2. The Bertz CT molecular complexity index is 861. The van der Waals surface area contributed by atoms with Gasteiger partial charge in [-0.3, -0.25) is 19.7 Å². The van der Waals surface area contributed by atoms with Gasteiger partial charge in [0, 0.05) is 23.4 Å². The molecule has 25 heavy (non-hydrogen) atoms. The first kappa shape index (κ1) is 18.5. The average Bonchev–Trinajstić information content (AvgIpc) is 2.56. The number of halogens is 3. The van der Waals surface area contributed by atoms with Crippen LogP contribution in [0.15, 0.2) is 40.9 Å². The smallest absolute Gasteiger partial charge is 0.284 e. The van der Waals surface area contributed by atoms with Crippen molar-refractivity contribution in [3.8, 4) is 0 Å². The second kappa shape index (κ2) is 7.79. The maximum Gasteiger partial charge on any atom is 0.284 e. The fourth-order valence-corrected chi connectivity index (χ4v) is 2.23. The maximum atomic E-state index is 13.0. The standard InChI is InChI=1S/C15H10BrF2N3O4/c16-10-3-1-8(5-13(10)21(24)25)15(23)19-7-14(22)20-9-2-4-11(17)12(18)6-9/h1-6H,7H2,(H,19,23)(H,20,22). The summed E-state index contributed by atoms with van der Waals surface area (Å²) in [7, 11) is 0. The largest absolute Gasteiger partial charge is 0.343 e. The predicted octanol–water partition coefficient (Wildman–Crippen LogP) is 3.00. The summed E-state index contributed by atoms with van der Waals surface area (Å²) in [5.74, 6) is -3.55. The normalized spacial score (nSPS) is 10.2. The van der Waals surface area contributed by atoms with Gasteiger partial charge in [0.15, 0.2) is 11.6 Å². The van der Waals surface area contributed by atoms with Crippen LogP contribution >= 0.6 is 15.9 Å². The zero-order chi connectivity index (χ0) is 18.6. The molecule has 0 saturated heterocycles. The minimum absolute atomic E-state index is 0.00414. The first-order valence-corrected chi connectivity index (χ1v) is 7.54. The van der Waals surface area contributed by atoms with Gasteiger partial charge in [0.1, 0.15) is 0 Å². The summed E-state index contributed by atoms with van der Waals surface area (Å²) in [5, 5.41) is 15.4. The molecule has 0 unspecified atom stereocenters. The Labute approximate surface area is 148 Å². The second-order valence-corrected chi connectivity index (χ2v) is 5.64. The minimum Gasteiger partial charge on any atom is -0.343 e. The van der Waals surface area contributed by atoms with E-state index in [0.29, 0.717) is 0 Å². The summed E-state index contributed by atoms with van der Waals surface area (Å²) in [6.07, 6.45) is 0. The Balaban J connectivity index is 1.97. The molecule has 0 bridgehead atoms. The van der Waals surface area contributed by atoms with E-state index in [1.165, 1.54) is 12.1 Å². The summed E-state index contributed by atoms with van der Waals surface area (Å²) in [5.41, 5.74) is -0.271. The molecule has 130 valence electrons. The number of carbonyl (C=O) groups is 2. The monoisotopic (exact) mass is 413 g/mol. The molecule has 0 aliphatic heterocycles. The fraction of sp³-hybridized carbons (Fsp3) is 0.0667. The van der Waals surface area contributed by atoms with Crippen LogP contribution < -0.4 is 10.6 Å². The number of anilines is 1. The third-order valence-electron chi connectivity index (χ3n) is 3.02. The van der Waals surface area contributed by atoms with E-state index in [1.54, 1.807) is 0 Å². The fourth-order valence-electron chi connectivity index (χ4n) is 1.84. The number of nitro groups is 1. The van der Waals surface area contributed by atoms with Crippen LogP contribution in [0.1, 0.15) is 10.4 Å². The van der Waals surface area contributed by atoms with E-state index < -0.39 is 34.9 Å². The van der Waals surface area contributed by atoms with Gasteiger partial charge in [0.05, 0.1) is 15.9 Å². The molecule has 0 aliphatic carbocycles. The van der Waals surface area contributed by atoms with Crippen molar-refractivity contribution in [3.05, 3.63) is 68.2 Å². The van der Waals surface area contributed by atoms with Gasteiger partial charge in [-0.05, 0) is 40.2 Å². The molecule has 0 aliphatic rings. The van der Waals surface area contributed by atoms with Gasteiger partial charge in [-0.1, -0.05) is 0 Å². The highest BCUT2D eigenvalue weighted by Crippen LogP contribution is 2.25. The van der Waals surface area contributed by atoms with Crippen molar-refractivity contribution in [2.45, 2.75) is 0 Å². The molecule has 7 nitrogen and oxygen atoms in total. The molecule has 0 radical (unpaired) electrons. The number of nitrogens with one attached hydrogen (secondary N) is 2. The highest BCUT2D eigenvalue weighted by molar-refractivity contribution is 9.10. The van der Waals surface area contributed by atoms with Crippen LogP contribution in [-0.4, -0.2) is 23.3 Å². The van der Waals surface area contributed by atoms with E-state index in [4.69, 9.17) is 0 Å². The van der Waals surface area contributed by atoms with E-state index in [0.717, 1.165) is 24.3 Å². The summed E-state index contributed by atoms with van der Waals surface area (Å²) >= 11 is 3.00. The average molecular weight is 414 g/mol. The van der Waals surface area contributed by atoms with Gasteiger partial charge >= 0.3 is 0 Å². The molecule has 2 N–H and O–H groups in total. The van der Waals surface area contributed by atoms with Crippen molar-refractivity contribution in [2.75, 3.05) is 11.9 Å². The predicted molar refractivity (Wildman–Crippen MR) is 88.1 cm³/mol. The van der Waals surface area contributed by atoms with Crippen molar-refractivity contribution < 1.29 is 23.3 Å². The zero-order valence-corrected chi connectivity index (χ0v) is 14.0. The molecule has 0 heterocycles. The summed E-state index contributed by atoms with van der Waals surface area (Å²) in [6.45, 7) is -0.457. The molecule has 0 spiro atoms. The van der Waals surface area contributed by atoms with Crippen molar-refractivity contribution in [3.63, 3.8) is 0 Å². The Kier molecular flexibility index (Phi) is 5.75. The van der Waals surface area contributed by atoms with Gasteiger partial charge < -0.3 is 10.6 Å². The molecule has 0 aromatic heterocycles. The number of hydrogen-bond acceptors (Lipinski definition) is 4. The number of nitro benzene ring substituents is 1. The lowest BCUT2D eigenvalue weighted by Gasteiger charge is -2.07. The lowest BCUT2D eigenvalue weighted by molar-refractivity contribution is -0.385. The SMILES string of the molecule is O=C(CNC(=O)c1ccc(Br)c([N+](=O)[O-])c1)Nc1ccc(F)c(F)c1. The van der Waals surface area contributed by atoms with Crippen LogP contribution in [0.3, 0.4) is 0 Å². The van der Waals surface area contributed by atoms with E-state index in [2.05, 4.69) is 26.6 Å². The molecular weight excluding hydrogens is 404 g/mol. The van der Waals surface area contributed by atoms with Crippen LogP contribution in [0.25, 0.3) is 0 Å². The lowest BCUT2D eigenvalue weighted by Crippen LogP contribution is -2.32. The van der Waals surface area contributed by atoms with Crippen molar-refractivity contribution >= 4 is 39.1 Å². The number of benzene rings is 2. The summed E-state index contributed by atoms with van der Waals surface area (Å²) < 4.78 is 26.1. The first-order valence-electron chi connectivity index (χ1n) is 6.75. The second-order valence-electron chi connectivity index (χ2n) is 4.78. The highest BCUT2D eigenvalue weighted by atomic mass is 79.9. The van der Waals surface area contributed by atoms with Gasteiger partial charge in [0.2, 0.25) is 5.91 Å². The number of amides is 2. The molecule has 2 rings (SSSR count). The molecule has 10 heteroatoms. The van der Waals surface area contributed by atoms with Crippen LogP contribution in [0, 0.1) is 21.7 Å². The Morgan fingerprint density at radius 3 is 2.48 bits per heavy atom. The molecule has 0 saturated carbocycles. The van der Waals surface area contributed by atoms with E-state index in [1.807, 2.05) is 0 Å². The third kappa shape index (κ3) is 4.80. The lowest BCUT2D eigenvalue weighted by atomic mass is 10.2. The van der Waals surface area contributed by atoms with Crippen LogP contribution in [0.4, 0.5) is 20.2 Å². The van der Waals surface area contributed by atoms with Crippen molar-refractivity contribution in [1.29, 1.82) is 0 Å². The Morgan fingerprint density at radius 2 is 1.84 bits per heavy atom. The number of nitrogens with zero attached hydrogens (tertiary/aromatic N) is 1. The zero-order valence-electron chi connectivity index (χ0n) is 12.4. The van der Waals surface area contributed by atoms with Crippen LogP contribution in [0.2, 0.25) is 0 Å². The van der Waals surface area contributed by atoms with Crippen LogP contribution in [0.5, 0.6) is 0 Å². The molecule has 2 amide bonds. The number of rotatable bonds is 5. The third-order valence-corrected chi connectivity index (χ3v) is 3.69. The quantitative estimate of drug-likeness (QED) is 0.580. The minimum atomic E-state index is -1.12. The van der Waals surface area contributed by atoms with Crippen LogP contribution in [-0.2, 0) is 4.79 Å². The van der Waals surface area contributed by atoms with Gasteiger partial charge in [-0.2, -0.15) is 0 Å². The highest BCUT2D eigenvalue weighted by Gasteiger charge is 2.16. The molecule has 0 atom stereocenters. The van der Waals surface area contributed by atoms with E-state index >= 15 is 0 Å². The molecule has 0 fully saturated rings. The topological polar surface area (TPSA) is 101 Å². The summed E-state index contributed by atoms with van der Waals surface area (Å²) in [4.78, 5) is 33.8.